The number of primary amides is 1. The number of hydrogen-bond acceptors (Lipinski definition) is 5. The lowest BCUT2D eigenvalue weighted by atomic mass is 10.2. The maximum absolute atomic E-state index is 12.0. The molecule has 1 heterocycles. The molecule has 146 valence electrons. The number of ether oxygens (including phenoxy) is 1. The zero-order chi connectivity index (χ0) is 20.1. The lowest BCUT2D eigenvalue weighted by Crippen LogP contribution is -2.29. The first kappa shape index (κ1) is 19.3. The maximum Gasteiger partial charge on any atom is 0.248 e. The third kappa shape index (κ3) is 5.29. The van der Waals surface area contributed by atoms with Crippen LogP contribution in [0.2, 0.25) is 0 Å². The lowest BCUT2D eigenvalue weighted by Gasteiger charge is -2.08. The van der Waals surface area contributed by atoms with Gasteiger partial charge in [0, 0.05) is 30.5 Å². The molecule has 0 aliphatic heterocycles. The molecule has 28 heavy (non-hydrogen) atoms. The molecule has 2 aromatic rings. The average molecular weight is 382 g/mol. The number of benzene rings is 1. The van der Waals surface area contributed by atoms with Crippen molar-refractivity contribution < 1.29 is 19.1 Å². The van der Waals surface area contributed by atoms with E-state index in [4.69, 9.17) is 10.5 Å². The average Bonchev–Trinajstić information content (AvgIpc) is 3.40. The van der Waals surface area contributed by atoms with Crippen molar-refractivity contribution in [3.63, 3.8) is 0 Å². The highest BCUT2D eigenvalue weighted by molar-refractivity contribution is 5.93. The summed E-state index contributed by atoms with van der Waals surface area (Å²) in [6.07, 6.45) is 2.57. The van der Waals surface area contributed by atoms with E-state index in [1.54, 1.807) is 30.3 Å². The normalized spacial score (nSPS) is 17.5. The van der Waals surface area contributed by atoms with E-state index in [0.29, 0.717) is 35.3 Å². The van der Waals surface area contributed by atoms with Crippen molar-refractivity contribution in [2.24, 2.45) is 17.6 Å². The summed E-state index contributed by atoms with van der Waals surface area (Å²) in [5, 5.41) is 5.49. The topological polar surface area (TPSA) is 123 Å². The number of amides is 3. The number of hydrogen-bond donors (Lipinski definition) is 3. The van der Waals surface area contributed by atoms with E-state index < -0.39 is 5.91 Å². The summed E-state index contributed by atoms with van der Waals surface area (Å²) in [4.78, 5) is 39.0. The van der Waals surface area contributed by atoms with Gasteiger partial charge in [0.1, 0.15) is 5.75 Å². The Morgan fingerprint density at radius 2 is 2.04 bits per heavy atom. The second-order valence-corrected chi connectivity index (χ2v) is 6.79. The maximum atomic E-state index is 12.0. The van der Waals surface area contributed by atoms with E-state index in [0.717, 1.165) is 6.42 Å². The molecule has 1 aromatic carbocycles. The lowest BCUT2D eigenvalue weighted by molar-refractivity contribution is -0.122. The van der Waals surface area contributed by atoms with Gasteiger partial charge in [0.25, 0.3) is 0 Å². The van der Waals surface area contributed by atoms with Crippen LogP contribution in [-0.2, 0) is 9.59 Å². The number of nitrogens with one attached hydrogen (secondary N) is 2. The van der Waals surface area contributed by atoms with E-state index in [9.17, 15) is 14.4 Å². The number of anilines is 1. The summed E-state index contributed by atoms with van der Waals surface area (Å²) in [6, 6.07) is 9.71. The Balaban J connectivity index is 1.46. The Kier molecular flexibility index (Phi) is 5.88. The van der Waals surface area contributed by atoms with E-state index in [1.165, 1.54) is 12.3 Å². The minimum Gasteiger partial charge on any atom is -0.439 e. The van der Waals surface area contributed by atoms with Crippen LogP contribution in [0.5, 0.6) is 11.6 Å². The number of nitrogens with zero attached hydrogens (tertiary/aromatic N) is 1. The van der Waals surface area contributed by atoms with Gasteiger partial charge in [-0.3, -0.25) is 14.4 Å². The number of rotatable bonds is 8. The summed E-state index contributed by atoms with van der Waals surface area (Å²) < 4.78 is 5.58. The molecule has 0 saturated heterocycles. The molecule has 0 spiro atoms. The van der Waals surface area contributed by atoms with Crippen molar-refractivity contribution in [2.75, 3.05) is 11.9 Å². The fourth-order valence-electron chi connectivity index (χ4n) is 2.69. The van der Waals surface area contributed by atoms with Gasteiger partial charge >= 0.3 is 0 Å². The van der Waals surface area contributed by atoms with E-state index in [1.807, 2.05) is 6.92 Å². The monoisotopic (exact) mass is 382 g/mol. The Bertz CT molecular complexity index is 882. The molecular formula is C20H22N4O4. The molecule has 1 aromatic heterocycles. The number of carbonyl (C=O) groups is 3. The first-order valence-corrected chi connectivity index (χ1v) is 9.03. The van der Waals surface area contributed by atoms with Crippen molar-refractivity contribution in [1.29, 1.82) is 0 Å². The standard InChI is InChI=1S/C20H22N4O4/c1-12-9-16(12)20(27)22-8-7-17(25)24-14-5-6-18(23-11-14)28-15-4-2-3-13(10-15)19(21)26/h2-6,10-12,16H,7-9H2,1H3,(H2,21,26)(H,22,27)(H,24,25). The van der Waals surface area contributed by atoms with Gasteiger partial charge in [0.2, 0.25) is 23.6 Å². The number of carbonyl (C=O) groups excluding carboxylic acids is 3. The van der Waals surface area contributed by atoms with Crippen molar-refractivity contribution in [3.05, 3.63) is 48.2 Å². The number of nitrogens with two attached hydrogens (primary N) is 1. The van der Waals surface area contributed by atoms with Gasteiger partial charge in [-0.1, -0.05) is 13.0 Å². The molecule has 0 radical (unpaired) electrons. The summed E-state index contributed by atoms with van der Waals surface area (Å²) in [7, 11) is 0. The first-order chi connectivity index (χ1) is 13.4. The van der Waals surface area contributed by atoms with Gasteiger partial charge in [-0.2, -0.15) is 0 Å². The predicted octanol–water partition coefficient (Wildman–Crippen LogP) is 2.07. The number of pyridine rings is 1. The van der Waals surface area contributed by atoms with Gasteiger partial charge < -0.3 is 21.1 Å². The van der Waals surface area contributed by atoms with Crippen LogP contribution in [0.15, 0.2) is 42.6 Å². The Morgan fingerprint density at radius 1 is 1.25 bits per heavy atom. The van der Waals surface area contributed by atoms with Crippen LogP contribution < -0.4 is 21.1 Å². The molecule has 3 amide bonds. The second kappa shape index (κ2) is 8.51. The molecule has 3 rings (SSSR count). The molecule has 1 aliphatic carbocycles. The predicted molar refractivity (Wildman–Crippen MR) is 103 cm³/mol. The SMILES string of the molecule is CC1CC1C(=O)NCCC(=O)Nc1ccc(Oc2cccc(C(N)=O)c2)nc1. The highest BCUT2D eigenvalue weighted by Crippen LogP contribution is 2.37. The fraction of sp³-hybridized carbons (Fsp3) is 0.300. The molecule has 4 N–H and O–H groups in total. The summed E-state index contributed by atoms with van der Waals surface area (Å²) in [5.41, 5.74) is 6.10. The molecule has 1 aliphatic rings. The summed E-state index contributed by atoms with van der Waals surface area (Å²) in [6.45, 7) is 2.34. The van der Waals surface area contributed by atoms with E-state index in [-0.39, 0.29) is 24.2 Å². The van der Waals surface area contributed by atoms with Crippen molar-refractivity contribution >= 4 is 23.4 Å². The second-order valence-electron chi connectivity index (χ2n) is 6.79. The Hall–Kier alpha value is -3.42. The van der Waals surface area contributed by atoms with Crippen LogP contribution in [0.25, 0.3) is 0 Å². The zero-order valence-corrected chi connectivity index (χ0v) is 15.5. The Morgan fingerprint density at radius 3 is 2.68 bits per heavy atom. The minimum absolute atomic E-state index is 0.0175. The van der Waals surface area contributed by atoms with Crippen LogP contribution in [0.4, 0.5) is 5.69 Å². The Labute approximate surface area is 162 Å². The largest absolute Gasteiger partial charge is 0.439 e. The van der Waals surface area contributed by atoms with Crippen LogP contribution in [0, 0.1) is 11.8 Å². The van der Waals surface area contributed by atoms with Crippen LogP contribution in [0.1, 0.15) is 30.1 Å². The molecule has 1 saturated carbocycles. The summed E-state index contributed by atoms with van der Waals surface area (Å²) in [5.74, 6) is 0.547. The van der Waals surface area contributed by atoms with Crippen LogP contribution >= 0.6 is 0 Å². The highest BCUT2D eigenvalue weighted by Gasteiger charge is 2.38. The van der Waals surface area contributed by atoms with Gasteiger partial charge in [-0.25, -0.2) is 4.98 Å². The smallest absolute Gasteiger partial charge is 0.248 e. The van der Waals surface area contributed by atoms with Crippen molar-refractivity contribution in [3.8, 4) is 11.6 Å². The number of aromatic nitrogens is 1. The molecular weight excluding hydrogens is 360 g/mol. The third-order valence-electron chi connectivity index (χ3n) is 4.46. The van der Waals surface area contributed by atoms with Gasteiger partial charge in [-0.05, 0) is 36.6 Å². The molecule has 2 atom stereocenters. The van der Waals surface area contributed by atoms with E-state index in [2.05, 4.69) is 15.6 Å². The first-order valence-electron chi connectivity index (χ1n) is 9.03. The molecule has 1 fully saturated rings. The van der Waals surface area contributed by atoms with Gasteiger partial charge in [0.15, 0.2) is 0 Å². The molecule has 2 unspecified atom stereocenters. The van der Waals surface area contributed by atoms with Crippen LogP contribution in [-0.4, -0.2) is 29.3 Å². The molecule has 8 heteroatoms. The minimum atomic E-state index is -0.542. The van der Waals surface area contributed by atoms with Crippen LogP contribution in [0.3, 0.4) is 0 Å². The highest BCUT2D eigenvalue weighted by atomic mass is 16.5. The van der Waals surface area contributed by atoms with Crippen molar-refractivity contribution in [1.82, 2.24) is 10.3 Å². The third-order valence-corrected chi connectivity index (χ3v) is 4.46. The molecule has 0 bridgehead atoms. The van der Waals surface area contributed by atoms with E-state index >= 15 is 0 Å². The van der Waals surface area contributed by atoms with Gasteiger partial charge in [0.05, 0.1) is 11.9 Å². The van der Waals surface area contributed by atoms with Gasteiger partial charge in [-0.15, -0.1) is 0 Å². The zero-order valence-electron chi connectivity index (χ0n) is 15.5. The molecule has 8 nitrogen and oxygen atoms in total. The fourth-order valence-corrected chi connectivity index (χ4v) is 2.69. The quantitative estimate of drug-likeness (QED) is 0.645. The van der Waals surface area contributed by atoms with Crippen molar-refractivity contribution in [2.45, 2.75) is 19.8 Å². The summed E-state index contributed by atoms with van der Waals surface area (Å²) >= 11 is 0.